The molecule has 0 bridgehead atoms. The molecule has 0 radical (unpaired) electrons. The number of benzene rings is 2. The quantitative estimate of drug-likeness (QED) is 0.644. The molecule has 0 saturated carbocycles. The van der Waals surface area contributed by atoms with Gasteiger partial charge in [-0.25, -0.2) is 4.39 Å². The molecule has 2 heterocycles. The molecule has 1 atom stereocenters. The molecule has 1 aliphatic heterocycles. The number of pyridine rings is 1. The van der Waals surface area contributed by atoms with Crippen LogP contribution in [-0.4, -0.2) is 23.3 Å². The Kier molecular flexibility index (Phi) is 5.65. The zero-order valence-corrected chi connectivity index (χ0v) is 18.1. The summed E-state index contributed by atoms with van der Waals surface area (Å²) in [5.41, 5.74) is 9.43. The van der Waals surface area contributed by atoms with Crippen molar-refractivity contribution >= 4 is 11.7 Å². The predicted octanol–water partition coefficient (Wildman–Crippen LogP) is 4.38. The molecule has 0 aliphatic carbocycles. The molecule has 7 heteroatoms. The highest BCUT2D eigenvalue weighted by atomic mass is 19.1. The number of nitrogens with zero attached hydrogens (tertiary/aromatic N) is 1. The number of hydrogen-bond acceptors (Lipinski definition) is 5. The molecule has 0 saturated heterocycles. The minimum atomic E-state index is -0.692. The Hall–Kier alpha value is -3.74. The summed E-state index contributed by atoms with van der Waals surface area (Å²) in [5.74, 6) is -0.972. The van der Waals surface area contributed by atoms with Gasteiger partial charge in [0.15, 0.2) is 17.3 Å². The zero-order valence-electron chi connectivity index (χ0n) is 18.1. The molecule has 2 N–H and O–H groups in total. The number of ether oxygens (including phenoxy) is 2. The van der Waals surface area contributed by atoms with Crippen LogP contribution in [0.15, 0.2) is 42.5 Å². The molecule has 6 nitrogen and oxygen atoms in total. The maximum absolute atomic E-state index is 15.1. The van der Waals surface area contributed by atoms with Gasteiger partial charge in [-0.2, -0.15) is 0 Å². The average molecular weight is 434 g/mol. The van der Waals surface area contributed by atoms with E-state index in [1.165, 1.54) is 6.07 Å². The number of fused-ring (bicyclic) bond motifs is 1. The van der Waals surface area contributed by atoms with E-state index >= 15 is 4.39 Å². The normalized spacial score (nSPS) is 13.8. The minimum absolute atomic E-state index is 0.00884. The third kappa shape index (κ3) is 4.06. The molecule has 164 valence electrons. The van der Waals surface area contributed by atoms with E-state index in [9.17, 15) is 9.59 Å². The number of amides is 1. The van der Waals surface area contributed by atoms with E-state index in [1.54, 1.807) is 31.2 Å². The topological polar surface area (TPSA) is 91.5 Å². The number of aromatic nitrogens is 1. The SMILES string of the molecule is Cc1cc([C@@H](Oc2c(F)cc3c(c2C)OCCC3=O)c2ccc(C(N)=O)cc2)cc(C)n1. The number of carbonyl (C=O) groups excluding carboxylic acids is 2. The Morgan fingerprint density at radius 3 is 2.38 bits per heavy atom. The van der Waals surface area contributed by atoms with E-state index in [0.717, 1.165) is 17.0 Å². The molecule has 2 aromatic carbocycles. The number of rotatable bonds is 5. The van der Waals surface area contributed by atoms with Crippen molar-refractivity contribution < 1.29 is 23.5 Å². The van der Waals surface area contributed by atoms with Gasteiger partial charge >= 0.3 is 0 Å². The Balaban J connectivity index is 1.83. The van der Waals surface area contributed by atoms with Gasteiger partial charge in [-0.1, -0.05) is 12.1 Å². The summed E-state index contributed by atoms with van der Waals surface area (Å²) < 4.78 is 27.0. The molecule has 0 unspecified atom stereocenters. The van der Waals surface area contributed by atoms with Crippen molar-refractivity contribution in [3.8, 4) is 11.5 Å². The highest BCUT2D eigenvalue weighted by Crippen LogP contribution is 2.40. The molecule has 1 amide bonds. The highest BCUT2D eigenvalue weighted by molar-refractivity contribution is 6.00. The number of carbonyl (C=O) groups is 2. The molecule has 0 spiro atoms. The fourth-order valence-electron chi connectivity index (χ4n) is 3.95. The minimum Gasteiger partial charge on any atom is -0.492 e. The second kappa shape index (κ2) is 8.42. The number of halogens is 1. The van der Waals surface area contributed by atoms with Gasteiger partial charge in [0.25, 0.3) is 0 Å². The van der Waals surface area contributed by atoms with Gasteiger partial charge in [0.2, 0.25) is 5.91 Å². The standard InChI is InChI=1S/C25H23FN2O4/c1-13-10-18(11-14(2)28-13)24(16-4-6-17(7-5-16)25(27)30)32-23-15(3)22-19(12-20(23)26)21(29)8-9-31-22/h4-7,10-12,24H,8-9H2,1-3H3,(H2,27,30)/t24-/m0/s1. The van der Waals surface area contributed by atoms with Crippen molar-refractivity contribution in [2.75, 3.05) is 6.61 Å². The van der Waals surface area contributed by atoms with Crippen molar-refractivity contribution in [1.82, 2.24) is 4.98 Å². The Bertz CT molecular complexity index is 1200. The summed E-state index contributed by atoms with van der Waals surface area (Å²) in [6, 6.07) is 11.6. The summed E-state index contributed by atoms with van der Waals surface area (Å²) in [6.07, 6.45) is -0.473. The first-order valence-electron chi connectivity index (χ1n) is 10.3. The predicted molar refractivity (Wildman–Crippen MR) is 117 cm³/mol. The summed E-state index contributed by atoms with van der Waals surface area (Å²) in [6.45, 7) is 5.66. The summed E-state index contributed by atoms with van der Waals surface area (Å²) >= 11 is 0. The molecule has 32 heavy (non-hydrogen) atoms. The number of hydrogen-bond donors (Lipinski definition) is 1. The van der Waals surface area contributed by atoms with Crippen LogP contribution in [0.25, 0.3) is 0 Å². The second-order valence-corrected chi connectivity index (χ2v) is 7.88. The fraction of sp³-hybridized carbons (Fsp3) is 0.240. The molecular formula is C25H23FN2O4. The van der Waals surface area contributed by atoms with Crippen molar-refractivity contribution in [2.45, 2.75) is 33.3 Å². The summed E-state index contributed by atoms with van der Waals surface area (Å²) in [4.78, 5) is 28.1. The molecule has 3 aromatic rings. The van der Waals surface area contributed by atoms with Gasteiger partial charge in [-0.15, -0.1) is 0 Å². The first-order chi connectivity index (χ1) is 15.2. The van der Waals surface area contributed by atoms with Gasteiger partial charge in [0, 0.05) is 34.5 Å². The summed E-state index contributed by atoms with van der Waals surface area (Å²) in [7, 11) is 0. The lowest BCUT2D eigenvalue weighted by molar-refractivity contribution is 0.0930. The van der Waals surface area contributed by atoms with Crippen molar-refractivity contribution in [2.24, 2.45) is 5.73 Å². The number of ketones is 1. The van der Waals surface area contributed by atoms with Gasteiger partial charge in [-0.3, -0.25) is 14.6 Å². The summed E-state index contributed by atoms with van der Waals surface area (Å²) in [5, 5.41) is 0. The fourth-order valence-corrected chi connectivity index (χ4v) is 3.95. The van der Waals surface area contributed by atoms with Crippen LogP contribution in [0.5, 0.6) is 11.5 Å². The molecular weight excluding hydrogens is 411 g/mol. The second-order valence-electron chi connectivity index (χ2n) is 7.88. The van der Waals surface area contributed by atoms with Crippen LogP contribution in [0.1, 0.15) is 61.3 Å². The van der Waals surface area contributed by atoms with Crippen LogP contribution >= 0.6 is 0 Å². The van der Waals surface area contributed by atoms with Gasteiger partial charge < -0.3 is 15.2 Å². The lowest BCUT2D eigenvalue weighted by Gasteiger charge is -2.25. The van der Waals surface area contributed by atoms with Gasteiger partial charge in [0.05, 0.1) is 12.2 Å². The molecule has 0 fully saturated rings. The van der Waals surface area contributed by atoms with Gasteiger partial charge in [-0.05, 0) is 56.7 Å². The van der Waals surface area contributed by atoms with Crippen LogP contribution in [0.3, 0.4) is 0 Å². The van der Waals surface area contributed by atoms with E-state index in [2.05, 4.69) is 4.98 Å². The number of primary amides is 1. The van der Waals surface area contributed by atoms with Crippen LogP contribution in [0.4, 0.5) is 4.39 Å². The lowest BCUT2D eigenvalue weighted by Crippen LogP contribution is -2.18. The Labute approximate surface area is 185 Å². The van der Waals surface area contributed by atoms with Crippen LogP contribution in [0.2, 0.25) is 0 Å². The number of nitrogens with two attached hydrogens (primary N) is 1. The van der Waals surface area contributed by atoms with Gasteiger partial charge in [0.1, 0.15) is 11.9 Å². The van der Waals surface area contributed by atoms with Crippen molar-refractivity contribution in [3.05, 3.63) is 87.5 Å². The smallest absolute Gasteiger partial charge is 0.248 e. The maximum atomic E-state index is 15.1. The molecule has 4 rings (SSSR count). The van der Waals surface area contributed by atoms with E-state index in [4.69, 9.17) is 15.2 Å². The van der Waals surface area contributed by atoms with Crippen LogP contribution in [-0.2, 0) is 0 Å². The lowest BCUT2D eigenvalue weighted by atomic mass is 9.98. The first kappa shape index (κ1) is 21.5. The number of aryl methyl sites for hydroxylation is 2. The first-order valence-corrected chi connectivity index (χ1v) is 10.3. The van der Waals surface area contributed by atoms with E-state index in [1.807, 2.05) is 26.0 Å². The van der Waals surface area contributed by atoms with Crippen molar-refractivity contribution in [3.63, 3.8) is 0 Å². The van der Waals surface area contributed by atoms with Crippen LogP contribution < -0.4 is 15.2 Å². The third-order valence-corrected chi connectivity index (χ3v) is 5.43. The Morgan fingerprint density at radius 1 is 1.09 bits per heavy atom. The van der Waals surface area contributed by atoms with E-state index < -0.39 is 17.8 Å². The maximum Gasteiger partial charge on any atom is 0.248 e. The average Bonchev–Trinajstić information content (AvgIpc) is 2.74. The monoisotopic (exact) mass is 434 g/mol. The highest BCUT2D eigenvalue weighted by Gasteiger charge is 2.28. The Morgan fingerprint density at radius 2 is 1.75 bits per heavy atom. The van der Waals surface area contributed by atoms with Crippen LogP contribution in [0, 0.1) is 26.6 Å². The van der Waals surface area contributed by atoms with E-state index in [0.29, 0.717) is 22.4 Å². The molecule has 1 aliphatic rings. The third-order valence-electron chi connectivity index (χ3n) is 5.43. The number of Topliss-reactive ketones (excluding diaryl/α,β-unsaturated/α-hetero) is 1. The zero-order chi connectivity index (χ0) is 23.0. The molecule has 1 aromatic heterocycles. The van der Waals surface area contributed by atoms with Crippen molar-refractivity contribution in [1.29, 1.82) is 0 Å². The van der Waals surface area contributed by atoms with E-state index in [-0.39, 0.29) is 30.1 Å². The largest absolute Gasteiger partial charge is 0.492 e.